The molecular formula is C13H19ClN2O2S. The summed E-state index contributed by atoms with van der Waals surface area (Å²) in [5, 5.41) is 0.424. The summed E-state index contributed by atoms with van der Waals surface area (Å²) < 4.78 is 25.0. The summed E-state index contributed by atoms with van der Waals surface area (Å²) in [5.74, 6) is 0. The number of hydrogen-bond acceptors (Lipinski definition) is 3. The number of benzene rings is 1. The van der Waals surface area contributed by atoms with Gasteiger partial charge in [-0.05, 0) is 43.6 Å². The Bertz CT molecular complexity index is 540. The Morgan fingerprint density at radius 3 is 2.58 bits per heavy atom. The first kappa shape index (κ1) is 14.6. The van der Waals surface area contributed by atoms with E-state index in [9.17, 15) is 8.42 Å². The molecule has 0 radical (unpaired) electrons. The van der Waals surface area contributed by atoms with Gasteiger partial charge in [-0.3, -0.25) is 9.62 Å². The third-order valence-corrected chi connectivity index (χ3v) is 4.10. The maximum atomic E-state index is 11.3. The molecule has 0 aromatic heterocycles. The first-order chi connectivity index (χ1) is 8.94. The molecule has 4 nitrogen and oxygen atoms in total. The summed E-state index contributed by atoms with van der Waals surface area (Å²) in [6.07, 6.45) is 4.91. The number of anilines is 1. The average Bonchev–Trinajstić information content (AvgIpc) is 2.33. The van der Waals surface area contributed by atoms with Crippen LogP contribution in [0.1, 0.15) is 24.8 Å². The topological polar surface area (TPSA) is 49.4 Å². The van der Waals surface area contributed by atoms with Crippen molar-refractivity contribution in [3.8, 4) is 0 Å². The van der Waals surface area contributed by atoms with Crippen LogP contribution in [-0.4, -0.2) is 32.7 Å². The van der Waals surface area contributed by atoms with Gasteiger partial charge in [0.05, 0.1) is 17.0 Å². The van der Waals surface area contributed by atoms with E-state index in [2.05, 4.69) is 9.62 Å². The van der Waals surface area contributed by atoms with Gasteiger partial charge in [0.15, 0.2) is 0 Å². The normalized spacial score (nSPS) is 17.4. The standard InChI is InChI=1S/C13H19ClN2O2S/c1-19(17,18)15-13-9-11(5-6-12(13)14)10-16-7-3-2-4-8-16/h5-6,9,15H,2-4,7-8,10H2,1H3. The number of sulfonamides is 1. The summed E-state index contributed by atoms with van der Waals surface area (Å²) in [4.78, 5) is 2.39. The van der Waals surface area contributed by atoms with E-state index in [0.29, 0.717) is 10.7 Å². The van der Waals surface area contributed by atoms with Crippen LogP contribution in [0.3, 0.4) is 0 Å². The number of piperidine rings is 1. The van der Waals surface area contributed by atoms with Crippen LogP contribution in [0.15, 0.2) is 18.2 Å². The van der Waals surface area contributed by atoms with Crippen LogP contribution < -0.4 is 4.72 Å². The highest BCUT2D eigenvalue weighted by molar-refractivity contribution is 7.92. The van der Waals surface area contributed by atoms with Gasteiger partial charge in [-0.15, -0.1) is 0 Å². The molecule has 1 fully saturated rings. The van der Waals surface area contributed by atoms with E-state index >= 15 is 0 Å². The van der Waals surface area contributed by atoms with Crippen molar-refractivity contribution in [2.75, 3.05) is 24.1 Å². The second kappa shape index (κ2) is 6.11. The fourth-order valence-electron chi connectivity index (χ4n) is 2.32. The molecule has 1 aromatic carbocycles. The third-order valence-electron chi connectivity index (χ3n) is 3.18. The Labute approximate surface area is 119 Å². The minimum atomic E-state index is -3.30. The lowest BCUT2D eigenvalue weighted by atomic mass is 10.1. The van der Waals surface area contributed by atoms with Gasteiger partial charge < -0.3 is 0 Å². The Hall–Kier alpha value is -0.780. The van der Waals surface area contributed by atoms with Crippen molar-refractivity contribution in [3.63, 3.8) is 0 Å². The highest BCUT2D eigenvalue weighted by atomic mass is 35.5. The molecule has 0 unspecified atom stereocenters. The first-order valence-corrected chi connectivity index (χ1v) is 8.69. The lowest BCUT2D eigenvalue weighted by Gasteiger charge is -2.26. The highest BCUT2D eigenvalue weighted by Crippen LogP contribution is 2.25. The van der Waals surface area contributed by atoms with E-state index in [-0.39, 0.29) is 0 Å². The van der Waals surface area contributed by atoms with Gasteiger partial charge in [0, 0.05) is 6.54 Å². The molecule has 1 N–H and O–H groups in total. The summed E-state index contributed by atoms with van der Waals surface area (Å²) in [6, 6.07) is 5.51. The SMILES string of the molecule is CS(=O)(=O)Nc1cc(CN2CCCCC2)ccc1Cl. The molecule has 0 atom stereocenters. The number of rotatable bonds is 4. The second-order valence-electron chi connectivity index (χ2n) is 5.03. The van der Waals surface area contributed by atoms with Gasteiger partial charge in [-0.2, -0.15) is 0 Å². The molecule has 1 aromatic rings. The van der Waals surface area contributed by atoms with Crippen molar-refractivity contribution >= 4 is 27.3 Å². The lowest BCUT2D eigenvalue weighted by Crippen LogP contribution is -2.29. The summed E-state index contributed by atoms with van der Waals surface area (Å²) in [5.41, 5.74) is 1.54. The molecule has 0 amide bonds. The van der Waals surface area contributed by atoms with Crippen molar-refractivity contribution in [1.82, 2.24) is 4.90 Å². The number of hydrogen-bond donors (Lipinski definition) is 1. The molecule has 0 bridgehead atoms. The molecule has 1 saturated heterocycles. The molecule has 106 valence electrons. The second-order valence-corrected chi connectivity index (χ2v) is 7.18. The van der Waals surface area contributed by atoms with E-state index in [1.165, 1.54) is 19.3 Å². The number of nitrogens with one attached hydrogen (secondary N) is 1. The van der Waals surface area contributed by atoms with Crippen LogP contribution in [0.25, 0.3) is 0 Å². The van der Waals surface area contributed by atoms with Crippen LogP contribution in [0, 0.1) is 0 Å². The van der Waals surface area contributed by atoms with Crippen molar-refractivity contribution < 1.29 is 8.42 Å². The van der Waals surface area contributed by atoms with Gasteiger partial charge >= 0.3 is 0 Å². The molecule has 6 heteroatoms. The summed E-state index contributed by atoms with van der Waals surface area (Å²) >= 11 is 6.00. The van der Waals surface area contributed by atoms with E-state index < -0.39 is 10.0 Å². The molecule has 19 heavy (non-hydrogen) atoms. The molecule has 1 aliphatic rings. The quantitative estimate of drug-likeness (QED) is 0.930. The minimum absolute atomic E-state index is 0.424. The van der Waals surface area contributed by atoms with E-state index in [0.717, 1.165) is 31.5 Å². The molecule has 0 saturated carbocycles. The molecular weight excluding hydrogens is 284 g/mol. The van der Waals surface area contributed by atoms with Crippen LogP contribution in [0.2, 0.25) is 5.02 Å². The van der Waals surface area contributed by atoms with Crippen molar-refractivity contribution in [2.24, 2.45) is 0 Å². The molecule has 1 aliphatic heterocycles. The first-order valence-electron chi connectivity index (χ1n) is 6.42. The van der Waals surface area contributed by atoms with Crippen molar-refractivity contribution in [1.29, 1.82) is 0 Å². The van der Waals surface area contributed by atoms with Gasteiger partial charge in [0.25, 0.3) is 0 Å². The van der Waals surface area contributed by atoms with Crippen LogP contribution in [-0.2, 0) is 16.6 Å². The largest absolute Gasteiger partial charge is 0.299 e. The third kappa shape index (κ3) is 4.67. The van der Waals surface area contributed by atoms with Crippen molar-refractivity contribution in [3.05, 3.63) is 28.8 Å². The van der Waals surface area contributed by atoms with Crippen molar-refractivity contribution in [2.45, 2.75) is 25.8 Å². The smallest absolute Gasteiger partial charge is 0.229 e. The van der Waals surface area contributed by atoms with Crippen LogP contribution in [0.5, 0.6) is 0 Å². The lowest BCUT2D eigenvalue weighted by molar-refractivity contribution is 0.221. The van der Waals surface area contributed by atoms with Gasteiger partial charge in [0.1, 0.15) is 0 Å². The van der Waals surface area contributed by atoms with Crippen LogP contribution >= 0.6 is 11.6 Å². The molecule has 1 heterocycles. The monoisotopic (exact) mass is 302 g/mol. The zero-order valence-corrected chi connectivity index (χ0v) is 12.6. The fraction of sp³-hybridized carbons (Fsp3) is 0.538. The maximum absolute atomic E-state index is 11.3. The Morgan fingerprint density at radius 1 is 1.26 bits per heavy atom. The minimum Gasteiger partial charge on any atom is -0.299 e. The molecule has 0 spiro atoms. The van der Waals surface area contributed by atoms with Gasteiger partial charge in [0.2, 0.25) is 10.0 Å². The van der Waals surface area contributed by atoms with E-state index in [1.807, 2.05) is 12.1 Å². The van der Waals surface area contributed by atoms with E-state index in [1.54, 1.807) is 6.07 Å². The maximum Gasteiger partial charge on any atom is 0.229 e. The van der Waals surface area contributed by atoms with E-state index in [4.69, 9.17) is 11.6 Å². The zero-order valence-electron chi connectivity index (χ0n) is 11.0. The predicted octanol–water partition coefficient (Wildman–Crippen LogP) is 2.70. The Kier molecular flexibility index (Phi) is 4.71. The van der Waals surface area contributed by atoms with Crippen LogP contribution in [0.4, 0.5) is 5.69 Å². The Balaban J connectivity index is 2.11. The number of likely N-dealkylation sites (tertiary alicyclic amines) is 1. The number of halogens is 1. The summed E-state index contributed by atoms with van der Waals surface area (Å²) in [7, 11) is -3.30. The highest BCUT2D eigenvalue weighted by Gasteiger charge is 2.12. The van der Waals surface area contributed by atoms with Gasteiger partial charge in [-0.1, -0.05) is 24.1 Å². The van der Waals surface area contributed by atoms with Gasteiger partial charge in [-0.25, -0.2) is 8.42 Å². The Morgan fingerprint density at radius 2 is 1.95 bits per heavy atom. The average molecular weight is 303 g/mol. The fourth-order valence-corrected chi connectivity index (χ4v) is 3.11. The molecule has 0 aliphatic carbocycles. The number of nitrogens with zero attached hydrogens (tertiary/aromatic N) is 1. The molecule has 2 rings (SSSR count). The zero-order chi connectivity index (χ0) is 13.9. The summed E-state index contributed by atoms with van der Waals surface area (Å²) in [6.45, 7) is 3.06. The predicted molar refractivity (Wildman–Crippen MR) is 79.0 cm³/mol.